The van der Waals surface area contributed by atoms with Gasteiger partial charge in [-0.05, 0) is 42.5 Å². The molecule has 5 aromatic rings. The summed E-state index contributed by atoms with van der Waals surface area (Å²) >= 11 is 7.75. The van der Waals surface area contributed by atoms with Gasteiger partial charge in [-0.2, -0.15) is 0 Å². The van der Waals surface area contributed by atoms with Gasteiger partial charge in [-0.25, -0.2) is 9.78 Å². The average Bonchev–Trinajstić information content (AvgIpc) is 3.17. The van der Waals surface area contributed by atoms with Crippen molar-refractivity contribution in [3.63, 3.8) is 0 Å². The summed E-state index contributed by atoms with van der Waals surface area (Å²) in [4.78, 5) is 16.6. The lowest BCUT2D eigenvalue weighted by molar-refractivity contribution is 0.307. The Morgan fingerprint density at radius 3 is 2.79 bits per heavy atom. The summed E-state index contributed by atoms with van der Waals surface area (Å²) < 4.78 is 12.4. The molecular weight excluding hydrogens is 406 g/mol. The Hall–Kier alpha value is -3.15. The van der Waals surface area contributed by atoms with Crippen molar-refractivity contribution in [3.8, 4) is 16.3 Å². The number of aromatic nitrogens is 1. The highest BCUT2D eigenvalue weighted by Gasteiger charge is 2.09. The van der Waals surface area contributed by atoms with Crippen molar-refractivity contribution < 1.29 is 9.15 Å². The van der Waals surface area contributed by atoms with Crippen LogP contribution >= 0.6 is 22.9 Å². The first-order valence-electron chi connectivity index (χ1n) is 8.97. The molecule has 0 radical (unpaired) electrons. The molecule has 0 unspecified atom stereocenters. The summed E-state index contributed by atoms with van der Waals surface area (Å²) in [5.74, 6) is 0.699. The fraction of sp³-hybridized carbons (Fsp3) is 0.0435. The molecule has 5 rings (SSSR count). The number of hydrogen-bond acceptors (Lipinski definition) is 5. The Kier molecular flexibility index (Phi) is 4.54. The van der Waals surface area contributed by atoms with Gasteiger partial charge in [0.1, 0.15) is 22.9 Å². The molecule has 0 saturated carbocycles. The minimum absolute atomic E-state index is 0.228. The van der Waals surface area contributed by atoms with Crippen molar-refractivity contribution in [3.05, 3.63) is 93.8 Å². The Morgan fingerprint density at radius 1 is 1.00 bits per heavy atom. The predicted molar refractivity (Wildman–Crippen MR) is 117 cm³/mol. The fourth-order valence-corrected chi connectivity index (χ4v) is 4.33. The molecule has 0 bridgehead atoms. The molecule has 0 fully saturated rings. The summed E-state index contributed by atoms with van der Waals surface area (Å²) in [6, 6.07) is 22.5. The van der Waals surface area contributed by atoms with Gasteiger partial charge in [0.25, 0.3) is 0 Å². The normalized spacial score (nSPS) is 11.2. The van der Waals surface area contributed by atoms with Gasteiger partial charge in [0.2, 0.25) is 0 Å². The lowest BCUT2D eigenvalue weighted by Crippen LogP contribution is -2.04. The average molecular weight is 420 g/mol. The molecule has 0 N–H and O–H groups in total. The van der Waals surface area contributed by atoms with Gasteiger partial charge in [-0.3, -0.25) is 0 Å². The van der Waals surface area contributed by atoms with Crippen LogP contribution < -0.4 is 10.4 Å². The van der Waals surface area contributed by atoms with E-state index in [0.717, 1.165) is 31.7 Å². The summed E-state index contributed by atoms with van der Waals surface area (Å²) in [5, 5.41) is 2.28. The summed E-state index contributed by atoms with van der Waals surface area (Å²) in [5.41, 5.74) is 2.77. The highest BCUT2D eigenvalue weighted by molar-refractivity contribution is 7.21. The molecule has 6 heteroatoms. The number of nitrogens with zero attached hydrogens (tertiary/aromatic N) is 1. The second kappa shape index (κ2) is 7.35. The number of thiazole rings is 1. The Morgan fingerprint density at radius 2 is 1.90 bits per heavy atom. The van der Waals surface area contributed by atoms with Crippen LogP contribution in [0.5, 0.6) is 5.75 Å². The number of benzene rings is 3. The first-order valence-corrected chi connectivity index (χ1v) is 10.2. The van der Waals surface area contributed by atoms with E-state index in [1.165, 1.54) is 6.07 Å². The molecule has 0 aliphatic heterocycles. The van der Waals surface area contributed by atoms with E-state index in [1.807, 2.05) is 42.5 Å². The van der Waals surface area contributed by atoms with Crippen LogP contribution in [0.4, 0.5) is 0 Å². The molecule has 0 atom stereocenters. The lowest BCUT2D eigenvalue weighted by atomic mass is 10.1. The van der Waals surface area contributed by atoms with Crippen LogP contribution in [-0.4, -0.2) is 4.98 Å². The predicted octanol–water partition coefficient (Wildman–Crippen LogP) is 6.30. The summed E-state index contributed by atoms with van der Waals surface area (Å²) in [6.07, 6.45) is 0. The summed E-state index contributed by atoms with van der Waals surface area (Å²) in [7, 11) is 0. The van der Waals surface area contributed by atoms with E-state index in [9.17, 15) is 4.79 Å². The molecule has 0 aliphatic rings. The van der Waals surface area contributed by atoms with Gasteiger partial charge in [0, 0.05) is 27.6 Å². The largest absolute Gasteiger partial charge is 0.489 e. The van der Waals surface area contributed by atoms with E-state index in [0.29, 0.717) is 16.4 Å². The maximum Gasteiger partial charge on any atom is 0.336 e. The van der Waals surface area contributed by atoms with E-state index in [1.54, 1.807) is 29.5 Å². The molecule has 0 aliphatic carbocycles. The third-order valence-electron chi connectivity index (χ3n) is 4.56. The zero-order valence-electron chi connectivity index (χ0n) is 15.1. The minimum Gasteiger partial charge on any atom is -0.489 e. The van der Waals surface area contributed by atoms with Crippen LogP contribution in [0.25, 0.3) is 31.8 Å². The van der Waals surface area contributed by atoms with Crippen LogP contribution in [-0.2, 0) is 6.61 Å². The Labute approximate surface area is 175 Å². The zero-order valence-corrected chi connectivity index (χ0v) is 16.7. The van der Waals surface area contributed by atoms with Crippen LogP contribution in [0.1, 0.15) is 5.56 Å². The van der Waals surface area contributed by atoms with E-state index in [-0.39, 0.29) is 6.61 Å². The third-order valence-corrected chi connectivity index (χ3v) is 5.88. The summed E-state index contributed by atoms with van der Waals surface area (Å²) in [6.45, 7) is 0.228. The second-order valence-electron chi connectivity index (χ2n) is 6.53. The lowest BCUT2D eigenvalue weighted by Gasteiger charge is -2.09. The molecule has 2 heterocycles. The van der Waals surface area contributed by atoms with E-state index >= 15 is 0 Å². The molecule has 4 nitrogen and oxygen atoms in total. The number of halogens is 1. The first kappa shape index (κ1) is 17.9. The highest BCUT2D eigenvalue weighted by Crippen LogP contribution is 2.32. The van der Waals surface area contributed by atoms with Crippen LogP contribution in [0, 0.1) is 0 Å². The SMILES string of the molecule is O=c1cc(COc2cccc(-c3nc4ccccc4s3)c2)c2cc(Cl)ccc2o1. The smallest absolute Gasteiger partial charge is 0.336 e. The third kappa shape index (κ3) is 3.62. The molecule has 0 saturated heterocycles. The maximum absolute atomic E-state index is 11.9. The molecule has 0 spiro atoms. The van der Waals surface area contributed by atoms with Gasteiger partial charge in [0.15, 0.2) is 0 Å². The van der Waals surface area contributed by atoms with Crippen molar-refractivity contribution >= 4 is 44.1 Å². The zero-order chi connectivity index (χ0) is 19.8. The van der Waals surface area contributed by atoms with Gasteiger partial charge >= 0.3 is 5.63 Å². The first-order chi connectivity index (χ1) is 14.2. The molecule has 142 valence electrons. The maximum atomic E-state index is 11.9. The van der Waals surface area contributed by atoms with Crippen LogP contribution in [0.15, 0.2) is 82.0 Å². The van der Waals surface area contributed by atoms with Gasteiger partial charge < -0.3 is 9.15 Å². The van der Waals surface area contributed by atoms with E-state index in [2.05, 4.69) is 6.07 Å². The molecule has 0 amide bonds. The number of para-hydroxylation sites is 1. The standard InChI is InChI=1S/C23H14ClNO3S/c24-16-8-9-20-18(12-16)15(11-22(26)28-20)13-27-17-5-3-4-14(10-17)23-25-19-6-1-2-7-21(19)29-23/h1-12H,13H2. The minimum atomic E-state index is -0.415. The number of hydrogen-bond donors (Lipinski definition) is 0. The fourth-order valence-electron chi connectivity index (χ4n) is 3.20. The van der Waals surface area contributed by atoms with Crippen LogP contribution in [0.2, 0.25) is 5.02 Å². The van der Waals surface area contributed by atoms with Gasteiger partial charge in [0.05, 0.1) is 10.2 Å². The highest BCUT2D eigenvalue weighted by atomic mass is 35.5. The topological polar surface area (TPSA) is 52.3 Å². The van der Waals surface area contributed by atoms with Crippen molar-refractivity contribution in [1.29, 1.82) is 0 Å². The molecule has 3 aromatic carbocycles. The number of fused-ring (bicyclic) bond motifs is 2. The number of rotatable bonds is 4. The van der Waals surface area contributed by atoms with Gasteiger partial charge in [-0.1, -0.05) is 35.9 Å². The van der Waals surface area contributed by atoms with Crippen molar-refractivity contribution in [2.45, 2.75) is 6.61 Å². The quantitative estimate of drug-likeness (QED) is 0.321. The molecule has 2 aromatic heterocycles. The molecule has 29 heavy (non-hydrogen) atoms. The van der Waals surface area contributed by atoms with Gasteiger partial charge in [-0.15, -0.1) is 11.3 Å². The van der Waals surface area contributed by atoms with E-state index in [4.69, 9.17) is 25.7 Å². The van der Waals surface area contributed by atoms with Crippen LogP contribution in [0.3, 0.4) is 0 Å². The monoisotopic (exact) mass is 419 g/mol. The molecular formula is C23H14ClNO3S. The van der Waals surface area contributed by atoms with Crippen molar-refractivity contribution in [1.82, 2.24) is 4.98 Å². The Balaban J connectivity index is 1.45. The number of ether oxygens (including phenoxy) is 1. The van der Waals surface area contributed by atoms with Crippen molar-refractivity contribution in [2.24, 2.45) is 0 Å². The Bertz CT molecular complexity index is 1370. The van der Waals surface area contributed by atoms with E-state index < -0.39 is 5.63 Å². The van der Waals surface area contributed by atoms with Crippen molar-refractivity contribution in [2.75, 3.05) is 0 Å². The second-order valence-corrected chi connectivity index (χ2v) is 8.00.